The second kappa shape index (κ2) is 11.6. The highest BCUT2D eigenvalue weighted by Gasteiger charge is 2.26. The Morgan fingerprint density at radius 3 is 2.48 bits per heavy atom. The number of piperidine rings is 1. The second-order valence-corrected chi connectivity index (χ2v) is 10.7. The normalized spacial score (nSPS) is 18.7. The van der Waals surface area contributed by atoms with Crippen LogP contribution in [0.5, 0.6) is 0 Å². The summed E-state index contributed by atoms with van der Waals surface area (Å²) in [5, 5.41) is 14.9. The summed E-state index contributed by atoms with van der Waals surface area (Å²) in [7, 11) is 0. The Bertz CT molecular complexity index is 964. The van der Waals surface area contributed by atoms with Gasteiger partial charge in [-0.15, -0.1) is 10.2 Å². The average molecular weight is 484 g/mol. The molecule has 2 saturated heterocycles. The third-order valence-electron chi connectivity index (χ3n) is 6.61. The van der Waals surface area contributed by atoms with Crippen molar-refractivity contribution in [3.63, 3.8) is 0 Å². The molecule has 1 aromatic carbocycles. The highest BCUT2D eigenvalue weighted by molar-refractivity contribution is 7.99. The van der Waals surface area contributed by atoms with E-state index in [4.69, 9.17) is 9.84 Å². The van der Waals surface area contributed by atoms with Gasteiger partial charge >= 0.3 is 0 Å². The minimum Gasteiger partial charge on any atom is -0.379 e. The molecule has 2 aliphatic heterocycles. The van der Waals surface area contributed by atoms with Gasteiger partial charge in [0.15, 0.2) is 5.16 Å². The van der Waals surface area contributed by atoms with Crippen LogP contribution in [-0.4, -0.2) is 76.3 Å². The molecule has 0 atom stereocenters. The Morgan fingerprint density at radius 1 is 0.909 bits per heavy atom. The largest absolute Gasteiger partial charge is 0.379 e. The van der Waals surface area contributed by atoms with E-state index in [2.05, 4.69) is 66.6 Å². The Kier molecular flexibility index (Phi) is 8.12. The van der Waals surface area contributed by atoms with Gasteiger partial charge in [-0.1, -0.05) is 42.1 Å². The number of ether oxygens (including phenoxy) is 1. The van der Waals surface area contributed by atoms with Crippen molar-refractivity contribution in [2.45, 2.75) is 37.0 Å². The quantitative estimate of drug-likeness (QED) is 0.425. The van der Waals surface area contributed by atoms with Gasteiger partial charge in [-0.25, -0.2) is 0 Å². The van der Waals surface area contributed by atoms with Crippen molar-refractivity contribution in [2.24, 2.45) is 0 Å². The van der Waals surface area contributed by atoms with E-state index in [-0.39, 0.29) is 0 Å². The molecule has 176 valence electrons. The van der Waals surface area contributed by atoms with E-state index in [9.17, 15) is 0 Å². The van der Waals surface area contributed by atoms with Crippen LogP contribution in [0.2, 0.25) is 0 Å². The van der Waals surface area contributed by atoms with Gasteiger partial charge in [0.2, 0.25) is 0 Å². The monoisotopic (exact) mass is 483 g/mol. The van der Waals surface area contributed by atoms with Crippen LogP contribution in [0.4, 0.5) is 0 Å². The SMILES string of the molecule is c1ccc(Cn2c(SCCN3CCOCC3)nnc2C2CCN(Cc3ccsc3)CC2)cc1. The first-order valence-corrected chi connectivity index (χ1v) is 13.9. The molecule has 0 radical (unpaired) electrons. The predicted molar refractivity (Wildman–Crippen MR) is 135 cm³/mol. The maximum atomic E-state index is 5.48. The molecule has 0 bridgehead atoms. The number of nitrogens with zero attached hydrogens (tertiary/aromatic N) is 5. The predicted octanol–water partition coefficient (Wildman–Crippen LogP) is 4.19. The topological polar surface area (TPSA) is 46.4 Å². The molecule has 8 heteroatoms. The zero-order chi connectivity index (χ0) is 22.3. The summed E-state index contributed by atoms with van der Waals surface area (Å²) in [6, 6.07) is 13.0. The Morgan fingerprint density at radius 2 is 1.73 bits per heavy atom. The van der Waals surface area contributed by atoms with E-state index >= 15 is 0 Å². The number of hydrogen-bond donors (Lipinski definition) is 0. The summed E-state index contributed by atoms with van der Waals surface area (Å²) in [5.74, 6) is 2.68. The second-order valence-electron chi connectivity index (χ2n) is 8.90. The van der Waals surface area contributed by atoms with Gasteiger partial charge < -0.3 is 9.30 Å². The molecule has 4 heterocycles. The molecule has 0 unspecified atom stereocenters. The lowest BCUT2D eigenvalue weighted by atomic mass is 9.95. The molecular formula is C25H33N5OS2. The molecule has 2 aliphatic rings. The van der Waals surface area contributed by atoms with Crippen molar-refractivity contribution in [1.29, 1.82) is 0 Å². The van der Waals surface area contributed by atoms with Crippen molar-refractivity contribution in [2.75, 3.05) is 51.7 Å². The van der Waals surface area contributed by atoms with Crippen LogP contribution in [0.25, 0.3) is 0 Å². The number of rotatable bonds is 9. The van der Waals surface area contributed by atoms with Gasteiger partial charge in [-0.2, -0.15) is 11.3 Å². The highest BCUT2D eigenvalue weighted by Crippen LogP contribution is 2.31. The van der Waals surface area contributed by atoms with Crippen molar-refractivity contribution in [3.8, 4) is 0 Å². The number of thiophene rings is 1. The summed E-state index contributed by atoms with van der Waals surface area (Å²) in [6.07, 6.45) is 2.30. The molecule has 0 saturated carbocycles. The summed E-state index contributed by atoms with van der Waals surface area (Å²) in [5.41, 5.74) is 2.74. The Balaban J connectivity index is 1.25. The van der Waals surface area contributed by atoms with Crippen LogP contribution >= 0.6 is 23.1 Å². The van der Waals surface area contributed by atoms with Crippen molar-refractivity contribution < 1.29 is 4.74 Å². The molecule has 0 aliphatic carbocycles. The van der Waals surface area contributed by atoms with Gasteiger partial charge in [-0.05, 0) is 53.9 Å². The smallest absolute Gasteiger partial charge is 0.191 e. The number of likely N-dealkylation sites (tertiary alicyclic amines) is 1. The Hall–Kier alpha value is -1.71. The summed E-state index contributed by atoms with van der Waals surface area (Å²) in [6.45, 7) is 9.00. The molecular weight excluding hydrogens is 450 g/mol. The van der Waals surface area contributed by atoms with Crippen LogP contribution in [0.3, 0.4) is 0 Å². The molecule has 0 spiro atoms. The van der Waals surface area contributed by atoms with E-state index in [0.29, 0.717) is 5.92 Å². The first kappa shape index (κ1) is 23.1. The van der Waals surface area contributed by atoms with Gasteiger partial charge in [0.05, 0.1) is 19.8 Å². The lowest BCUT2D eigenvalue weighted by Gasteiger charge is -2.31. The summed E-state index contributed by atoms with van der Waals surface area (Å²) in [4.78, 5) is 5.06. The lowest BCUT2D eigenvalue weighted by molar-refractivity contribution is 0.0410. The van der Waals surface area contributed by atoms with Crippen molar-refractivity contribution in [1.82, 2.24) is 24.6 Å². The molecule has 3 aromatic rings. The number of thioether (sulfide) groups is 1. The van der Waals surface area contributed by atoms with E-state index in [1.165, 1.54) is 17.0 Å². The molecule has 6 nitrogen and oxygen atoms in total. The van der Waals surface area contributed by atoms with E-state index in [1.54, 1.807) is 11.3 Å². The van der Waals surface area contributed by atoms with Crippen molar-refractivity contribution in [3.05, 3.63) is 64.1 Å². The third-order valence-corrected chi connectivity index (χ3v) is 8.29. The van der Waals surface area contributed by atoms with Crippen LogP contribution in [0.15, 0.2) is 52.3 Å². The number of morpholine rings is 1. The molecule has 33 heavy (non-hydrogen) atoms. The third kappa shape index (κ3) is 6.25. The summed E-state index contributed by atoms with van der Waals surface area (Å²) >= 11 is 3.63. The molecule has 5 rings (SSSR count). The van der Waals surface area contributed by atoms with Crippen LogP contribution in [0, 0.1) is 0 Å². The van der Waals surface area contributed by atoms with Crippen LogP contribution < -0.4 is 0 Å². The highest BCUT2D eigenvalue weighted by atomic mass is 32.2. The summed E-state index contributed by atoms with van der Waals surface area (Å²) < 4.78 is 7.87. The van der Waals surface area contributed by atoms with E-state index < -0.39 is 0 Å². The van der Waals surface area contributed by atoms with Crippen LogP contribution in [0.1, 0.15) is 35.7 Å². The fourth-order valence-electron chi connectivity index (χ4n) is 4.70. The van der Waals surface area contributed by atoms with Gasteiger partial charge in [0, 0.05) is 37.8 Å². The Labute approximate surface area is 205 Å². The maximum absolute atomic E-state index is 5.48. The fraction of sp³-hybridized carbons (Fsp3) is 0.520. The first-order valence-electron chi connectivity index (χ1n) is 12.0. The van der Waals surface area contributed by atoms with Gasteiger partial charge in [0.1, 0.15) is 5.82 Å². The fourth-order valence-corrected chi connectivity index (χ4v) is 6.31. The van der Waals surface area contributed by atoms with E-state index in [1.807, 2.05) is 11.8 Å². The number of aromatic nitrogens is 3. The molecule has 2 aromatic heterocycles. The van der Waals surface area contributed by atoms with Gasteiger partial charge in [0.25, 0.3) is 0 Å². The molecule has 0 N–H and O–H groups in total. The van der Waals surface area contributed by atoms with Gasteiger partial charge in [-0.3, -0.25) is 9.80 Å². The van der Waals surface area contributed by atoms with E-state index in [0.717, 1.165) is 82.8 Å². The first-order chi connectivity index (χ1) is 16.3. The number of hydrogen-bond acceptors (Lipinski definition) is 7. The zero-order valence-electron chi connectivity index (χ0n) is 19.1. The zero-order valence-corrected chi connectivity index (χ0v) is 20.8. The van der Waals surface area contributed by atoms with Crippen molar-refractivity contribution >= 4 is 23.1 Å². The minimum atomic E-state index is 0.480. The molecule has 2 fully saturated rings. The minimum absolute atomic E-state index is 0.480. The number of benzene rings is 1. The standard InChI is InChI=1S/C25H33N5OS2/c1-2-4-21(5-3-1)19-30-24(23-6-9-29(10-7-23)18-22-8-16-32-20-22)26-27-25(30)33-17-13-28-11-14-31-15-12-28/h1-5,8,16,20,23H,6-7,9-15,17-19H2. The maximum Gasteiger partial charge on any atom is 0.191 e. The average Bonchev–Trinajstić information content (AvgIpc) is 3.51. The lowest BCUT2D eigenvalue weighted by Crippen LogP contribution is -2.37. The molecule has 0 amide bonds. The van der Waals surface area contributed by atoms with Crippen LogP contribution in [-0.2, 0) is 17.8 Å².